The minimum atomic E-state index is -0.972. The van der Waals surface area contributed by atoms with E-state index in [0.717, 1.165) is 70.8 Å². The van der Waals surface area contributed by atoms with E-state index < -0.39 is 17.7 Å². The van der Waals surface area contributed by atoms with Crippen LogP contribution in [0.15, 0.2) is 48.5 Å². The van der Waals surface area contributed by atoms with E-state index in [1.54, 1.807) is 16.8 Å². The molecule has 0 radical (unpaired) electrons. The molecule has 5 rings (SSSR count). The highest BCUT2D eigenvalue weighted by molar-refractivity contribution is 5.89. The molecule has 1 aliphatic heterocycles. The molecular formula is C37H47FN6O3. The maximum Gasteiger partial charge on any atom is 0.340 e. The predicted octanol–water partition coefficient (Wildman–Crippen LogP) is 7.64. The molecule has 0 amide bonds. The number of halogens is 1. The largest absolute Gasteiger partial charge is 0.461 e. The molecule has 4 aromatic rings. The number of ether oxygens (including phenoxy) is 2. The predicted molar refractivity (Wildman–Crippen MR) is 181 cm³/mol. The van der Waals surface area contributed by atoms with E-state index >= 15 is 0 Å². The first-order valence-electron chi connectivity index (χ1n) is 16.4. The Morgan fingerprint density at radius 3 is 2.30 bits per heavy atom. The lowest BCUT2D eigenvalue weighted by Crippen LogP contribution is -2.39. The Balaban J connectivity index is 1.68. The number of piperidine rings is 1. The molecule has 2 aromatic heterocycles. The number of benzene rings is 2. The number of tetrazole rings is 1. The van der Waals surface area contributed by atoms with Gasteiger partial charge in [-0.15, -0.1) is 5.10 Å². The summed E-state index contributed by atoms with van der Waals surface area (Å²) in [7, 11) is 0. The van der Waals surface area contributed by atoms with Crippen molar-refractivity contribution in [2.24, 2.45) is 5.41 Å². The molecule has 0 aliphatic carbocycles. The lowest BCUT2D eigenvalue weighted by Gasteiger charge is -2.41. The van der Waals surface area contributed by atoms with Crippen LogP contribution in [0.3, 0.4) is 0 Å². The first kappa shape index (κ1) is 34.2. The van der Waals surface area contributed by atoms with Crippen molar-refractivity contribution >= 4 is 11.7 Å². The number of pyridine rings is 1. The van der Waals surface area contributed by atoms with Gasteiger partial charge in [0, 0.05) is 41.2 Å². The minimum absolute atomic E-state index is 0.216. The molecule has 1 fully saturated rings. The normalized spacial score (nSPS) is 15.6. The second kappa shape index (κ2) is 13.5. The summed E-state index contributed by atoms with van der Waals surface area (Å²) in [6.07, 6.45) is 0.737. The van der Waals surface area contributed by atoms with Crippen LogP contribution in [0, 0.1) is 25.1 Å². The van der Waals surface area contributed by atoms with Gasteiger partial charge in [0.15, 0.2) is 11.9 Å². The quantitative estimate of drug-likeness (QED) is 0.172. The maximum atomic E-state index is 13.8. The van der Waals surface area contributed by atoms with Crippen molar-refractivity contribution in [2.45, 2.75) is 99.5 Å². The number of hydrogen-bond donors (Lipinski definition) is 0. The van der Waals surface area contributed by atoms with Crippen LogP contribution in [0.25, 0.3) is 22.5 Å². The Morgan fingerprint density at radius 1 is 1.00 bits per heavy atom. The molecular weight excluding hydrogens is 595 g/mol. The van der Waals surface area contributed by atoms with E-state index in [0.29, 0.717) is 12.4 Å². The zero-order chi connectivity index (χ0) is 34.1. The molecule has 1 aliphatic rings. The summed E-state index contributed by atoms with van der Waals surface area (Å²) < 4.78 is 27.6. The van der Waals surface area contributed by atoms with E-state index in [2.05, 4.69) is 46.4 Å². The number of aryl methyl sites for hydroxylation is 2. The molecule has 0 spiro atoms. The van der Waals surface area contributed by atoms with Gasteiger partial charge in [-0.25, -0.2) is 13.9 Å². The van der Waals surface area contributed by atoms with Gasteiger partial charge in [-0.05, 0) is 106 Å². The Labute approximate surface area is 277 Å². The van der Waals surface area contributed by atoms with Crippen LogP contribution in [0.2, 0.25) is 0 Å². The van der Waals surface area contributed by atoms with Crippen molar-refractivity contribution in [3.63, 3.8) is 0 Å². The molecule has 10 heteroatoms. The van der Waals surface area contributed by atoms with Crippen molar-refractivity contribution in [2.75, 3.05) is 18.0 Å². The molecule has 9 nitrogen and oxygen atoms in total. The minimum Gasteiger partial charge on any atom is -0.461 e. The first-order chi connectivity index (χ1) is 22.1. The van der Waals surface area contributed by atoms with Gasteiger partial charge in [0.25, 0.3) is 0 Å². The fraction of sp³-hybridized carbons (Fsp3) is 0.486. The van der Waals surface area contributed by atoms with Crippen LogP contribution < -0.4 is 4.90 Å². The van der Waals surface area contributed by atoms with Gasteiger partial charge < -0.3 is 14.4 Å². The molecule has 2 aromatic carbocycles. The molecule has 0 bridgehead atoms. The lowest BCUT2D eigenvalue weighted by molar-refractivity contribution is -0.171. The Bertz CT molecular complexity index is 1720. The Morgan fingerprint density at radius 2 is 1.66 bits per heavy atom. The van der Waals surface area contributed by atoms with Gasteiger partial charge in [0.05, 0.1) is 23.9 Å². The summed E-state index contributed by atoms with van der Waals surface area (Å²) in [5.41, 5.74) is 6.42. The fourth-order valence-electron chi connectivity index (χ4n) is 6.14. The van der Waals surface area contributed by atoms with Crippen LogP contribution in [0.1, 0.15) is 89.9 Å². The van der Waals surface area contributed by atoms with E-state index in [9.17, 15) is 9.18 Å². The molecule has 3 heterocycles. The third kappa shape index (κ3) is 8.04. The second-order valence-corrected chi connectivity index (χ2v) is 14.5. The van der Waals surface area contributed by atoms with Gasteiger partial charge in [0.2, 0.25) is 0 Å². The number of aromatic nitrogens is 5. The third-order valence-electron chi connectivity index (χ3n) is 8.50. The van der Waals surface area contributed by atoms with Gasteiger partial charge in [0.1, 0.15) is 5.82 Å². The summed E-state index contributed by atoms with van der Waals surface area (Å²) >= 11 is 0. The summed E-state index contributed by atoms with van der Waals surface area (Å²) in [4.78, 5) is 21.3. The molecule has 1 atom stereocenters. The average molecular weight is 643 g/mol. The van der Waals surface area contributed by atoms with Crippen LogP contribution in [0.4, 0.5) is 10.1 Å². The molecule has 47 heavy (non-hydrogen) atoms. The monoisotopic (exact) mass is 642 g/mol. The highest BCUT2D eigenvalue weighted by Gasteiger charge is 2.37. The SMILES string of the molecule is Cc1nc(C)c([C@H](OC(C)(C)C)C(=O)OC(C)C)c(N2CCC(C)(C)CC2)c1-c1cccc(-c2nnnn2Cc2ccc(F)cc2)c1. The standard InChI is InChI=1S/C37H47FN6O3/c1-23(2)46-35(45)33(47-36(5,6)7)31-25(4)39-24(3)30(32(31)43-19-17-37(8,9)18-20-43)27-11-10-12-28(21-27)34-40-41-42-44(34)22-26-13-15-29(38)16-14-26/h10-16,21,23,33H,17-20,22H2,1-9H3/t33-/m0/s1. The highest BCUT2D eigenvalue weighted by atomic mass is 19.1. The van der Waals surface area contributed by atoms with E-state index in [1.165, 1.54) is 12.1 Å². The Kier molecular flexibility index (Phi) is 9.82. The second-order valence-electron chi connectivity index (χ2n) is 14.5. The topological polar surface area (TPSA) is 95.3 Å². The first-order valence-corrected chi connectivity index (χ1v) is 16.4. The number of carbonyl (C=O) groups is 1. The van der Waals surface area contributed by atoms with Gasteiger partial charge >= 0.3 is 5.97 Å². The Hall–Kier alpha value is -4.18. The fourth-order valence-corrected chi connectivity index (χ4v) is 6.14. The van der Waals surface area contributed by atoms with Crippen molar-refractivity contribution in [1.29, 1.82) is 0 Å². The van der Waals surface area contributed by atoms with Crippen LogP contribution in [-0.4, -0.2) is 56.0 Å². The van der Waals surface area contributed by atoms with Crippen LogP contribution in [0.5, 0.6) is 0 Å². The zero-order valence-corrected chi connectivity index (χ0v) is 29.1. The van der Waals surface area contributed by atoms with E-state index in [1.807, 2.05) is 60.6 Å². The number of carbonyl (C=O) groups excluding carboxylic acids is 1. The zero-order valence-electron chi connectivity index (χ0n) is 29.1. The number of rotatable bonds is 9. The smallest absolute Gasteiger partial charge is 0.340 e. The van der Waals surface area contributed by atoms with Crippen molar-refractivity contribution < 1.29 is 18.7 Å². The van der Waals surface area contributed by atoms with Gasteiger partial charge in [-0.1, -0.05) is 44.2 Å². The van der Waals surface area contributed by atoms with E-state index in [-0.39, 0.29) is 17.3 Å². The summed E-state index contributed by atoms with van der Waals surface area (Å²) in [5.74, 6) is -0.132. The molecule has 250 valence electrons. The van der Waals surface area contributed by atoms with Crippen molar-refractivity contribution in [3.05, 3.63) is 76.9 Å². The average Bonchev–Trinajstić information content (AvgIpc) is 3.44. The molecule has 0 N–H and O–H groups in total. The van der Waals surface area contributed by atoms with E-state index in [4.69, 9.17) is 14.5 Å². The number of esters is 1. The van der Waals surface area contributed by atoms with Crippen LogP contribution >= 0.6 is 0 Å². The molecule has 0 unspecified atom stereocenters. The van der Waals surface area contributed by atoms with Gasteiger partial charge in [-0.3, -0.25) is 4.98 Å². The number of anilines is 1. The summed E-state index contributed by atoms with van der Waals surface area (Å²) in [6, 6.07) is 14.4. The van der Waals surface area contributed by atoms with Crippen LogP contribution in [-0.2, 0) is 20.8 Å². The maximum absolute atomic E-state index is 13.8. The number of hydrogen-bond acceptors (Lipinski definition) is 8. The third-order valence-corrected chi connectivity index (χ3v) is 8.50. The lowest BCUT2D eigenvalue weighted by atomic mass is 9.81. The number of nitrogens with zero attached hydrogens (tertiary/aromatic N) is 6. The highest BCUT2D eigenvalue weighted by Crippen LogP contribution is 2.45. The summed E-state index contributed by atoms with van der Waals surface area (Å²) in [5, 5.41) is 12.6. The molecule has 0 saturated carbocycles. The molecule has 1 saturated heterocycles. The van der Waals surface area contributed by atoms with Crippen molar-refractivity contribution in [3.8, 4) is 22.5 Å². The summed E-state index contributed by atoms with van der Waals surface area (Å²) in [6.45, 7) is 20.2. The van der Waals surface area contributed by atoms with Gasteiger partial charge in [-0.2, -0.15) is 0 Å². The van der Waals surface area contributed by atoms with Crippen molar-refractivity contribution in [1.82, 2.24) is 25.2 Å².